The van der Waals surface area contributed by atoms with Crippen LogP contribution in [0, 0.1) is 11.8 Å². The van der Waals surface area contributed by atoms with Crippen molar-refractivity contribution in [2.75, 3.05) is 83.9 Å². The van der Waals surface area contributed by atoms with Crippen molar-refractivity contribution in [3.05, 3.63) is 119 Å². The van der Waals surface area contributed by atoms with Gasteiger partial charge in [0, 0.05) is 66.8 Å². The Morgan fingerprint density at radius 2 is 1.79 bits per heavy atom. The summed E-state index contributed by atoms with van der Waals surface area (Å²) in [7, 11) is 3.31. The second kappa shape index (κ2) is 23.1. The number of benzene rings is 2. The van der Waals surface area contributed by atoms with Crippen molar-refractivity contribution < 1.29 is 41.4 Å². The first-order valence-corrected chi connectivity index (χ1v) is 22.1. The van der Waals surface area contributed by atoms with Gasteiger partial charge in [-0.05, 0) is 105 Å². The number of nitrogens with one attached hydrogen (secondary N) is 6. The van der Waals surface area contributed by atoms with Crippen molar-refractivity contribution in [2.45, 2.75) is 44.2 Å². The van der Waals surface area contributed by atoms with Gasteiger partial charge in [-0.1, -0.05) is 12.0 Å². The lowest BCUT2D eigenvalue weighted by Crippen LogP contribution is -2.46. The summed E-state index contributed by atoms with van der Waals surface area (Å²) in [5.74, 6) is 5.75. The first-order valence-electron chi connectivity index (χ1n) is 22.1. The van der Waals surface area contributed by atoms with Gasteiger partial charge in [-0.15, -0.1) is 0 Å². The van der Waals surface area contributed by atoms with E-state index >= 15 is 0 Å². The Morgan fingerprint density at radius 1 is 0.970 bits per heavy atom. The fourth-order valence-electron chi connectivity index (χ4n) is 7.74. The summed E-state index contributed by atoms with van der Waals surface area (Å²) in [6.07, 6.45) is 3.60. The van der Waals surface area contributed by atoms with Gasteiger partial charge < -0.3 is 54.9 Å². The summed E-state index contributed by atoms with van der Waals surface area (Å²) in [4.78, 5) is 38.2. The smallest absolute Gasteiger partial charge is 0.406 e. The molecular formula is C49H55F4N9O5. The van der Waals surface area contributed by atoms with E-state index in [1.165, 1.54) is 7.11 Å². The van der Waals surface area contributed by atoms with Gasteiger partial charge >= 0.3 is 6.18 Å². The Hall–Kier alpha value is -6.81. The monoisotopic (exact) mass is 925 g/mol. The number of amides is 2. The van der Waals surface area contributed by atoms with Crippen LogP contribution in [0.2, 0.25) is 0 Å². The molecule has 2 aromatic carbocycles. The summed E-state index contributed by atoms with van der Waals surface area (Å²) < 4.78 is 73.8. The Bertz CT molecular complexity index is 2620. The van der Waals surface area contributed by atoms with Gasteiger partial charge in [-0.25, -0.2) is 9.38 Å². The van der Waals surface area contributed by atoms with E-state index in [0.717, 1.165) is 33.1 Å². The van der Waals surface area contributed by atoms with E-state index in [1.807, 2.05) is 60.6 Å². The molecule has 0 spiro atoms. The van der Waals surface area contributed by atoms with Crippen molar-refractivity contribution in [2.24, 2.45) is 4.99 Å². The summed E-state index contributed by atoms with van der Waals surface area (Å²) >= 11 is 0. The molecule has 2 atom stereocenters. The number of methoxy groups -OCH3 is 1. The Morgan fingerprint density at radius 3 is 2.55 bits per heavy atom. The lowest BCUT2D eigenvalue weighted by atomic mass is 10.0. The SMILES string of the molecule is COc1cc(C(=O)NCCOCCOCCNC(=O)CCc2ccc(/C=C3/C=CC(c4ccc[nH]4)=N3)[nH]2)ccc1NCC#Cc1cc2c(N[C@@H]3CCN(C)C[C@@H]3F)cccc2n1CC(F)(F)F. The number of hydrogen-bond acceptors (Lipinski definition) is 9. The van der Waals surface area contributed by atoms with Crippen molar-refractivity contribution in [3.8, 4) is 17.6 Å². The highest BCUT2D eigenvalue weighted by Gasteiger charge is 2.31. The second-order valence-electron chi connectivity index (χ2n) is 16.1. The number of halogens is 4. The molecule has 354 valence electrons. The Kier molecular flexibility index (Phi) is 16.6. The van der Waals surface area contributed by atoms with Crippen LogP contribution in [0.1, 0.15) is 46.0 Å². The minimum absolute atomic E-state index is 0.0659. The number of likely N-dealkylation sites (tertiary alicyclic amines) is 1. The molecule has 5 heterocycles. The van der Waals surface area contributed by atoms with Gasteiger partial charge in [0.05, 0.1) is 80.1 Å². The van der Waals surface area contributed by atoms with Crippen LogP contribution < -0.4 is 26.0 Å². The average Bonchev–Trinajstić information content (AvgIpc) is 4.15. The summed E-state index contributed by atoms with van der Waals surface area (Å²) in [5.41, 5.74) is 6.51. The Labute approximate surface area is 386 Å². The zero-order chi connectivity index (χ0) is 47.2. The summed E-state index contributed by atoms with van der Waals surface area (Å²) in [5, 5.41) is 12.5. The molecule has 5 aromatic rings. The minimum atomic E-state index is -4.50. The number of fused-ring (bicyclic) bond motifs is 1. The van der Waals surface area contributed by atoms with E-state index in [4.69, 9.17) is 14.2 Å². The quantitative estimate of drug-likeness (QED) is 0.0270. The fraction of sp³-hybridized carbons (Fsp3) is 0.367. The van der Waals surface area contributed by atoms with Crippen LogP contribution in [-0.2, 0) is 27.2 Å². The van der Waals surface area contributed by atoms with Crippen LogP contribution in [0.5, 0.6) is 5.75 Å². The van der Waals surface area contributed by atoms with Crippen LogP contribution in [0.3, 0.4) is 0 Å². The number of ether oxygens (including phenoxy) is 3. The zero-order valence-corrected chi connectivity index (χ0v) is 37.4. The number of hydrogen-bond donors (Lipinski definition) is 6. The highest BCUT2D eigenvalue weighted by atomic mass is 19.4. The van der Waals surface area contributed by atoms with E-state index < -0.39 is 24.9 Å². The first kappa shape index (κ1) is 48.1. The molecule has 2 aliphatic heterocycles. The molecule has 6 N–H and O–H groups in total. The highest BCUT2D eigenvalue weighted by Crippen LogP contribution is 2.32. The predicted octanol–water partition coefficient (Wildman–Crippen LogP) is 6.70. The molecule has 0 radical (unpaired) electrons. The number of nitrogens with zero attached hydrogens (tertiary/aromatic N) is 3. The second-order valence-corrected chi connectivity index (χ2v) is 16.1. The number of carbonyl (C=O) groups excluding carboxylic acids is 2. The zero-order valence-electron chi connectivity index (χ0n) is 37.4. The van der Waals surface area contributed by atoms with Crippen molar-refractivity contribution in [1.29, 1.82) is 0 Å². The van der Waals surface area contributed by atoms with Crippen molar-refractivity contribution >= 4 is 45.9 Å². The fourth-order valence-corrected chi connectivity index (χ4v) is 7.74. The number of rotatable bonds is 21. The third-order valence-corrected chi connectivity index (χ3v) is 11.1. The van der Waals surface area contributed by atoms with E-state index in [1.54, 1.807) is 42.5 Å². The molecular weight excluding hydrogens is 871 g/mol. The standard InChI is InChI=1S/C49H55F4N9O5/c1-61-23-18-41(39(50)31-61)60-40-7-3-9-45-38(40)30-37(62(45)32-49(51,52)53)6-4-19-55-44-15-10-33(28-46(44)65-2)48(64)57-22-25-67-27-26-66-24-21-56-47(63)17-14-34-11-12-35(58-34)29-36-13-16-43(59-36)42-8-5-20-54-42/h3,5,7-13,15-16,20,28-30,39,41,54-55,58,60H,14,17-19,21-27,31-32H2,1-2H3,(H,56,63)(H,57,64)/b36-29-/t39-,41+/m0/s1. The number of aliphatic imine (C=N–C) groups is 1. The minimum Gasteiger partial charge on any atom is -0.495 e. The average molecular weight is 926 g/mol. The third-order valence-electron chi connectivity index (χ3n) is 11.1. The van der Waals surface area contributed by atoms with Crippen LogP contribution in [-0.4, -0.2) is 129 Å². The first-order chi connectivity index (χ1) is 32.4. The largest absolute Gasteiger partial charge is 0.495 e. The van der Waals surface area contributed by atoms with E-state index in [-0.39, 0.29) is 43.7 Å². The van der Waals surface area contributed by atoms with Crippen molar-refractivity contribution in [3.63, 3.8) is 0 Å². The van der Waals surface area contributed by atoms with Gasteiger partial charge in [0.15, 0.2) is 0 Å². The Balaban J connectivity index is 0.778. The number of carbonyl (C=O) groups is 2. The van der Waals surface area contributed by atoms with Gasteiger partial charge in [0.2, 0.25) is 5.91 Å². The molecule has 14 nitrogen and oxygen atoms in total. The third kappa shape index (κ3) is 13.9. The molecule has 0 saturated carbocycles. The van der Waals surface area contributed by atoms with E-state index in [0.29, 0.717) is 85.8 Å². The lowest BCUT2D eigenvalue weighted by Gasteiger charge is -2.33. The molecule has 7 rings (SSSR count). The number of aromatic amines is 2. The van der Waals surface area contributed by atoms with Crippen LogP contribution in [0.4, 0.5) is 28.9 Å². The maximum Gasteiger partial charge on any atom is 0.406 e. The predicted molar refractivity (Wildman–Crippen MR) is 251 cm³/mol. The molecule has 0 aliphatic carbocycles. The molecule has 2 amide bonds. The summed E-state index contributed by atoms with van der Waals surface area (Å²) in [6.45, 7) is 1.66. The maximum atomic E-state index is 14.8. The number of allylic oxidation sites excluding steroid dienone is 2. The number of H-pyrrole nitrogens is 2. The number of aryl methyl sites for hydroxylation is 1. The van der Waals surface area contributed by atoms with Crippen LogP contribution >= 0.6 is 0 Å². The summed E-state index contributed by atoms with van der Waals surface area (Å²) in [6, 6.07) is 18.8. The molecule has 2 aliphatic rings. The van der Waals surface area contributed by atoms with Crippen LogP contribution in [0.15, 0.2) is 95.8 Å². The number of anilines is 2. The van der Waals surface area contributed by atoms with Gasteiger partial charge in [0.1, 0.15) is 18.5 Å². The normalized spacial score (nSPS) is 16.7. The van der Waals surface area contributed by atoms with E-state index in [9.17, 15) is 27.2 Å². The van der Waals surface area contributed by atoms with E-state index in [2.05, 4.69) is 48.1 Å². The molecule has 67 heavy (non-hydrogen) atoms. The molecule has 0 unspecified atom stereocenters. The molecule has 1 fully saturated rings. The number of aromatic nitrogens is 3. The van der Waals surface area contributed by atoms with Gasteiger partial charge in [-0.2, -0.15) is 13.2 Å². The van der Waals surface area contributed by atoms with Gasteiger partial charge in [0.25, 0.3) is 5.91 Å². The maximum absolute atomic E-state index is 14.8. The van der Waals surface area contributed by atoms with Crippen molar-refractivity contribution in [1.82, 2.24) is 30.1 Å². The number of piperidine rings is 1. The molecule has 0 bridgehead atoms. The van der Waals surface area contributed by atoms with Gasteiger partial charge in [-0.3, -0.25) is 9.59 Å². The molecule has 1 saturated heterocycles. The topological polar surface area (TPSA) is 162 Å². The lowest BCUT2D eigenvalue weighted by molar-refractivity contribution is -0.140. The van der Waals surface area contributed by atoms with Crippen LogP contribution in [0.25, 0.3) is 17.0 Å². The highest BCUT2D eigenvalue weighted by molar-refractivity contribution is 6.10. The number of alkyl halides is 4. The molecule has 18 heteroatoms. The molecule has 3 aromatic heterocycles.